The van der Waals surface area contributed by atoms with E-state index in [0.29, 0.717) is 0 Å². The monoisotopic (exact) mass is 243 g/mol. The first-order valence-corrected chi connectivity index (χ1v) is 6.42. The molecule has 0 spiro atoms. The summed E-state index contributed by atoms with van der Waals surface area (Å²) in [5, 5.41) is 0. The van der Waals surface area contributed by atoms with E-state index in [-0.39, 0.29) is 0 Å². The highest BCUT2D eigenvalue weighted by Crippen LogP contribution is 2.24. The van der Waals surface area contributed by atoms with Gasteiger partial charge < -0.3 is 0 Å². The molecule has 0 N–H and O–H groups in total. The molecule has 2 aromatic rings. The maximum atomic E-state index is 12.8. The molecule has 1 heterocycles. The zero-order valence-electron chi connectivity index (χ0n) is 10.9. The summed E-state index contributed by atoms with van der Waals surface area (Å²) < 4.78 is 12.8. The molecule has 94 valence electrons. The van der Waals surface area contributed by atoms with E-state index in [4.69, 9.17) is 0 Å². The summed E-state index contributed by atoms with van der Waals surface area (Å²) in [4.78, 5) is 3.70. The molecule has 18 heavy (non-hydrogen) atoms. The van der Waals surface area contributed by atoms with Gasteiger partial charge in [0.2, 0.25) is 5.95 Å². The van der Waals surface area contributed by atoms with Crippen molar-refractivity contribution in [3.05, 3.63) is 53.6 Å². The minimum atomic E-state index is -0.434. The average molecular weight is 243 g/mol. The Kier molecular flexibility index (Phi) is 4.08. The highest BCUT2D eigenvalue weighted by molar-refractivity contribution is 5.66. The molecule has 0 saturated heterocycles. The highest BCUT2D eigenvalue weighted by atomic mass is 19.1. The van der Waals surface area contributed by atoms with Crippen molar-refractivity contribution in [1.82, 2.24) is 4.98 Å². The van der Waals surface area contributed by atoms with Gasteiger partial charge in [-0.05, 0) is 48.6 Å². The van der Waals surface area contributed by atoms with Crippen molar-refractivity contribution in [1.29, 1.82) is 0 Å². The van der Waals surface area contributed by atoms with E-state index < -0.39 is 5.95 Å². The van der Waals surface area contributed by atoms with Gasteiger partial charge in [-0.15, -0.1) is 0 Å². The Bertz CT molecular complexity index is 517. The fraction of sp³-hybridized carbons (Fsp3) is 0.312. The van der Waals surface area contributed by atoms with E-state index in [1.807, 2.05) is 0 Å². The summed E-state index contributed by atoms with van der Waals surface area (Å²) in [5.41, 5.74) is 4.68. The Morgan fingerprint density at radius 3 is 2.61 bits per heavy atom. The Balaban J connectivity index is 2.26. The van der Waals surface area contributed by atoms with Crippen molar-refractivity contribution in [3.8, 4) is 11.1 Å². The topological polar surface area (TPSA) is 12.9 Å². The lowest BCUT2D eigenvalue weighted by Gasteiger charge is -2.08. The predicted molar refractivity (Wildman–Crippen MR) is 73.0 cm³/mol. The molecule has 0 aliphatic heterocycles. The largest absolute Gasteiger partial charge is 0.228 e. The van der Waals surface area contributed by atoms with Gasteiger partial charge in [0, 0.05) is 11.8 Å². The summed E-state index contributed by atoms with van der Waals surface area (Å²) in [6.45, 7) is 4.29. The molecular formula is C16H18FN. The third-order valence-electron chi connectivity index (χ3n) is 3.15. The Labute approximate surface area is 108 Å². The van der Waals surface area contributed by atoms with Gasteiger partial charge in [-0.3, -0.25) is 0 Å². The Hall–Kier alpha value is -1.70. The van der Waals surface area contributed by atoms with Crippen LogP contribution in [0.2, 0.25) is 0 Å². The van der Waals surface area contributed by atoms with Crippen LogP contribution in [0.3, 0.4) is 0 Å². The fourth-order valence-corrected chi connectivity index (χ4v) is 2.12. The number of rotatable bonds is 4. The molecule has 2 heteroatoms. The molecule has 1 aromatic carbocycles. The van der Waals surface area contributed by atoms with Crippen LogP contribution in [-0.2, 0) is 6.42 Å². The lowest BCUT2D eigenvalue weighted by atomic mass is 9.98. The molecule has 0 fully saturated rings. The van der Waals surface area contributed by atoms with Crippen molar-refractivity contribution >= 4 is 0 Å². The normalized spacial score (nSPS) is 10.6. The number of hydrogen-bond donors (Lipinski definition) is 0. The summed E-state index contributed by atoms with van der Waals surface area (Å²) in [6, 6.07) is 9.65. The molecular weight excluding hydrogens is 225 g/mol. The third-order valence-corrected chi connectivity index (χ3v) is 3.15. The van der Waals surface area contributed by atoms with Gasteiger partial charge in [0.25, 0.3) is 0 Å². The second kappa shape index (κ2) is 5.76. The number of aromatic nitrogens is 1. The van der Waals surface area contributed by atoms with Crippen molar-refractivity contribution in [2.75, 3.05) is 0 Å². The van der Waals surface area contributed by atoms with Crippen LogP contribution in [0.15, 0.2) is 36.5 Å². The molecule has 0 atom stereocenters. The molecule has 0 unspecified atom stereocenters. The maximum Gasteiger partial charge on any atom is 0.212 e. The maximum absolute atomic E-state index is 12.8. The minimum absolute atomic E-state index is 0.434. The Morgan fingerprint density at radius 1 is 1.17 bits per heavy atom. The van der Waals surface area contributed by atoms with Gasteiger partial charge in [0.1, 0.15) is 0 Å². The van der Waals surface area contributed by atoms with Crippen molar-refractivity contribution in [2.24, 2.45) is 0 Å². The smallest absolute Gasteiger partial charge is 0.212 e. The van der Waals surface area contributed by atoms with Crippen LogP contribution in [0.25, 0.3) is 11.1 Å². The average Bonchev–Trinajstić information content (AvgIpc) is 2.38. The van der Waals surface area contributed by atoms with E-state index in [2.05, 4.69) is 37.0 Å². The zero-order valence-corrected chi connectivity index (χ0v) is 10.9. The van der Waals surface area contributed by atoms with Gasteiger partial charge in [-0.25, -0.2) is 4.98 Å². The molecule has 1 nitrogen and oxygen atoms in total. The summed E-state index contributed by atoms with van der Waals surface area (Å²) >= 11 is 0. The number of hydrogen-bond acceptors (Lipinski definition) is 1. The second-order valence-corrected chi connectivity index (χ2v) is 4.62. The van der Waals surface area contributed by atoms with Crippen LogP contribution >= 0.6 is 0 Å². The first kappa shape index (κ1) is 12.7. The molecule has 0 aliphatic rings. The van der Waals surface area contributed by atoms with Gasteiger partial charge in [-0.1, -0.05) is 31.5 Å². The SMILES string of the molecule is CCCCc1ccc(-c2ccc(F)nc2)c(C)c1. The van der Waals surface area contributed by atoms with Gasteiger partial charge >= 0.3 is 0 Å². The van der Waals surface area contributed by atoms with Crippen LogP contribution in [0.5, 0.6) is 0 Å². The number of unbranched alkanes of at least 4 members (excludes halogenated alkanes) is 1. The lowest BCUT2D eigenvalue weighted by molar-refractivity contribution is 0.584. The van der Waals surface area contributed by atoms with E-state index in [1.165, 1.54) is 30.0 Å². The van der Waals surface area contributed by atoms with Crippen molar-refractivity contribution in [3.63, 3.8) is 0 Å². The summed E-state index contributed by atoms with van der Waals surface area (Å²) in [7, 11) is 0. The molecule has 0 radical (unpaired) electrons. The van der Waals surface area contributed by atoms with Crippen molar-refractivity contribution in [2.45, 2.75) is 33.1 Å². The molecule has 0 saturated carbocycles. The van der Waals surface area contributed by atoms with Gasteiger partial charge in [-0.2, -0.15) is 4.39 Å². The lowest BCUT2D eigenvalue weighted by Crippen LogP contribution is -1.90. The molecule has 0 bridgehead atoms. The first-order valence-electron chi connectivity index (χ1n) is 6.42. The van der Waals surface area contributed by atoms with Crippen LogP contribution in [0, 0.1) is 12.9 Å². The first-order chi connectivity index (χ1) is 8.70. The number of benzene rings is 1. The fourth-order valence-electron chi connectivity index (χ4n) is 2.12. The minimum Gasteiger partial charge on any atom is -0.228 e. The number of aryl methyl sites for hydroxylation is 2. The molecule has 0 amide bonds. The number of halogens is 1. The van der Waals surface area contributed by atoms with Gasteiger partial charge in [0.15, 0.2) is 0 Å². The second-order valence-electron chi connectivity index (χ2n) is 4.62. The number of nitrogens with zero attached hydrogens (tertiary/aromatic N) is 1. The molecule has 2 rings (SSSR count). The molecule has 1 aromatic heterocycles. The predicted octanol–water partition coefficient (Wildman–Crippen LogP) is 4.54. The Morgan fingerprint density at radius 2 is 2.00 bits per heavy atom. The van der Waals surface area contributed by atoms with Crippen molar-refractivity contribution < 1.29 is 4.39 Å². The van der Waals surface area contributed by atoms with E-state index in [0.717, 1.165) is 17.5 Å². The van der Waals surface area contributed by atoms with Gasteiger partial charge in [0.05, 0.1) is 0 Å². The van der Waals surface area contributed by atoms with Crippen LogP contribution in [-0.4, -0.2) is 4.98 Å². The van der Waals surface area contributed by atoms with Crippen LogP contribution in [0.4, 0.5) is 4.39 Å². The van der Waals surface area contributed by atoms with E-state index in [9.17, 15) is 4.39 Å². The standard InChI is InChI=1S/C16H18FN/c1-3-4-5-13-6-8-15(12(2)10-13)14-7-9-16(17)18-11-14/h6-11H,3-5H2,1-2H3. The zero-order chi connectivity index (χ0) is 13.0. The number of pyridine rings is 1. The highest BCUT2D eigenvalue weighted by Gasteiger charge is 2.04. The summed E-state index contributed by atoms with van der Waals surface area (Å²) in [6.07, 6.45) is 5.14. The summed E-state index contributed by atoms with van der Waals surface area (Å²) in [5.74, 6) is -0.434. The van der Waals surface area contributed by atoms with Crippen LogP contribution < -0.4 is 0 Å². The van der Waals surface area contributed by atoms with E-state index in [1.54, 1.807) is 12.3 Å². The van der Waals surface area contributed by atoms with E-state index >= 15 is 0 Å². The quantitative estimate of drug-likeness (QED) is 0.718. The van der Waals surface area contributed by atoms with Crippen LogP contribution in [0.1, 0.15) is 30.9 Å². The third kappa shape index (κ3) is 2.95. The molecule has 0 aliphatic carbocycles.